The second-order valence-corrected chi connectivity index (χ2v) is 7.54. The van der Waals surface area contributed by atoms with Gasteiger partial charge in [-0.1, -0.05) is 23.8 Å². The SMILES string of the molecule is Cc1ccc(C)c(CC(=O)Nc2sc3c(c2C(N)=O)CCCC3)c1. The number of aryl methyl sites for hydroxylation is 3. The van der Waals surface area contributed by atoms with Crippen molar-refractivity contribution in [2.24, 2.45) is 5.73 Å². The Hall–Kier alpha value is -2.14. The molecule has 3 N–H and O–H groups in total. The fourth-order valence-electron chi connectivity index (χ4n) is 3.25. The first kappa shape index (κ1) is 16.7. The van der Waals surface area contributed by atoms with Gasteiger partial charge in [0.1, 0.15) is 5.00 Å². The molecule has 0 bridgehead atoms. The molecule has 0 unspecified atom stereocenters. The van der Waals surface area contributed by atoms with Crippen molar-refractivity contribution in [1.82, 2.24) is 0 Å². The van der Waals surface area contributed by atoms with Crippen molar-refractivity contribution in [2.75, 3.05) is 5.32 Å². The van der Waals surface area contributed by atoms with Gasteiger partial charge in [-0.05, 0) is 56.2 Å². The van der Waals surface area contributed by atoms with Crippen LogP contribution in [-0.2, 0) is 24.1 Å². The van der Waals surface area contributed by atoms with Gasteiger partial charge >= 0.3 is 0 Å². The topological polar surface area (TPSA) is 72.2 Å². The standard InChI is InChI=1S/C19H22N2O2S/c1-11-7-8-12(2)13(9-11)10-16(22)21-19-17(18(20)23)14-5-3-4-6-15(14)24-19/h7-9H,3-6,10H2,1-2H3,(H2,20,23)(H,21,22). The Labute approximate surface area is 146 Å². The maximum Gasteiger partial charge on any atom is 0.251 e. The lowest BCUT2D eigenvalue weighted by atomic mass is 9.95. The predicted molar refractivity (Wildman–Crippen MR) is 97.7 cm³/mol. The number of benzene rings is 1. The highest BCUT2D eigenvalue weighted by Gasteiger charge is 2.25. The molecule has 2 aromatic rings. The van der Waals surface area contributed by atoms with Crippen molar-refractivity contribution in [3.05, 3.63) is 50.9 Å². The summed E-state index contributed by atoms with van der Waals surface area (Å²) in [6.07, 6.45) is 4.33. The molecular weight excluding hydrogens is 320 g/mol. The number of fused-ring (bicyclic) bond motifs is 1. The molecule has 0 spiro atoms. The Morgan fingerprint density at radius 3 is 2.71 bits per heavy atom. The highest BCUT2D eigenvalue weighted by atomic mass is 32.1. The second kappa shape index (κ2) is 6.77. The molecule has 2 amide bonds. The summed E-state index contributed by atoms with van der Waals surface area (Å²) in [5.74, 6) is -0.554. The monoisotopic (exact) mass is 342 g/mol. The van der Waals surface area contributed by atoms with E-state index in [0.29, 0.717) is 17.0 Å². The van der Waals surface area contributed by atoms with Gasteiger partial charge in [-0.2, -0.15) is 0 Å². The third-order valence-corrected chi connectivity index (χ3v) is 5.73. The summed E-state index contributed by atoms with van der Waals surface area (Å²) in [5.41, 5.74) is 10.4. The first-order valence-electron chi connectivity index (χ1n) is 8.26. The largest absolute Gasteiger partial charge is 0.365 e. The molecule has 1 heterocycles. The molecule has 0 saturated heterocycles. The van der Waals surface area contributed by atoms with Crippen molar-refractivity contribution in [1.29, 1.82) is 0 Å². The molecule has 1 aliphatic carbocycles. The fraction of sp³-hybridized carbons (Fsp3) is 0.368. The number of carbonyl (C=O) groups is 2. The normalized spacial score (nSPS) is 13.4. The lowest BCUT2D eigenvalue weighted by molar-refractivity contribution is -0.115. The van der Waals surface area contributed by atoms with Gasteiger partial charge in [0.25, 0.3) is 5.91 Å². The maximum atomic E-state index is 12.5. The van der Waals surface area contributed by atoms with Crippen LogP contribution in [0.25, 0.3) is 0 Å². The average Bonchev–Trinajstić information content (AvgIpc) is 2.88. The van der Waals surface area contributed by atoms with Crippen molar-refractivity contribution < 1.29 is 9.59 Å². The minimum absolute atomic E-state index is 0.107. The van der Waals surface area contributed by atoms with E-state index in [-0.39, 0.29) is 5.91 Å². The molecule has 24 heavy (non-hydrogen) atoms. The van der Waals surface area contributed by atoms with Crippen LogP contribution < -0.4 is 11.1 Å². The number of nitrogens with two attached hydrogens (primary N) is 1. The van der Waals surface area contributed by atoms with E-state index in [1.54, 1.807) is 0 Å². The minimum Gasteiger partial charge on any atom is -0.365 e. The predicted octanol–water partition coefficient (Wildman–Crippen LogP) is 3.52. The summed E-state index contributed by atoms with van der Waals surface area (Å²) in [4.78, 5) is 25.5. The highest BCUT2D eigenvalue weighted by molar-refractivity contribution is 7.17. The third kappa shape index (κ3) is 3.36. The lowest BCUT2D eigenvalue weighted by Crippen LogP contribution is -2.19. The van der Waals surface area contributed by atoms with Gasteiger partial charge in [-0.15, -0.1) is 11.3 Å². The van der Waals surface area contributed by atoms with Crippen LogP contribution >= 0.6 is 11.3 Å². The van der Waals surface area contributed by atoms with E-state index in [9.17, 15) is 9.59 Å². The molecule has 0 saturated carbocycles. The Morgan fingerprint density at radius 1 is 1.21 bits per heavy atom. The Kier molecular flexibility index (Phi) is 4.71. The molecule has 3 rings (SSSR count). The van der Waals surface area contributed by atoms with E-state index >= 15 is 0 Å². The molecule has 1 aromatic carbocycles. The number of carbonyl (C=O) groups excluding carboxylic acids is 2. The number of primary amides is 1. The molecule has 126 valence electrons. The zero-order chi connectivity index (χ0) is 17.3. The van der Waals surface area contributed by atoms with Gasteiger partial charge in [0.2, 0.25) is 5.91 Å². The molecule has 1 aromatic heterocycles. The highest BCUT2D eigenvalue weighted by Crippen LogP contribution is 2.37. The van der Waals surface area contributed by atoms with Crippen LogP contribution in [0.3, 0.4) is 0 Å². The van der Waals surface area contributed by atoms with Crippen LogP contribution in [0.4, 0.5) is 5.00 Å². The van der Waals surface area contributed by atoms with Gasteiger partial charge in [-0.25, -0.2) is 0 Å². The molecule has 0 fully saturated rings. The van der Waals surface area contributed by atoms with Gasteiger partial charge in [0.15, 0.2) is 0 Å². The Morgan fingerprint density at radius 2 is 1.96 bits per heavy atom. The number of hydrogen-bond donors (Lipinski definition) is 2. The fourth-order valence-corrected chi connectivity index (χ4v) is 4.56. The molecule has 0 atom stereocenters. The summed E-state index contributed by atoms with van der Waals surface area (Å²) < 4.78 is 0. The van der Waals surface area contributed by atoms with Gasteiger partial charge in [0.05, 0.1) is 12.0 Å². The van der Waals surface area contributed by atoms with Gasteiger partial charge < -0.3 is 11.1 Å². The lowest BCUT2D eigenvalue weighted by Gasteiger charge is -2.11. The first-order chi connectivity index (χ1) is 11.5. The Bertz CT molecular complexity index is 808. The van der Waals surface area contributed by atoms with Gasteiger partial charge in [-0.3, -0.25) is 9.59 Å². The minimum atomic E-state index is -0.448. The van der Waals surface area contributed by atoms with E-state index in [1.807, 2.05) is 32.0 Å². The van der Waals surface area contributed by atoms with E-state index < -0.39 is 5.91 Å². The van der Waals surface area contributed by atoms with Crippen molar-refractivity contribution in [3.8, 4) is 0 Å². The maximum absolute atomic E-state index is 12.5. The van der Waals surface area contributed by atoms with Gasteiger partial charge in [0, 0.05) is 4.88 Å². The van der Waals surface area contributed by atoms with E-state index in [4.69, 9.17) is 5.73 Å². The molecule has 0 aliphatic heterocycles. The van der Waals surface area contributed by atoms with Crippen molar-refractivity contribution in [2.45, 2.75) is 46.0 Å². The van der Waals surface area contributed by atoms with E-state index in [1.165, 1.54) is 16.2 Å². The third-order valence-electron chi connectivity index (χ3n) is 4.53. The van der Waals surface area contributed by atoms with Crippen molar-refractivity contribution >= 4 is 28.2 Å². The molecular formula is C19H22N2O2S. The molecule has 1 aliphatic rings. The number of nitrogens with one attached hydrogen (secondary N) is 1. The zero-order valence-electron chi connectivity index (χ0n) is 14.1. The van der Waals surface area contributed by atoms with Crippen LogP contribution in [0.15, 0.2) is 18.2 Å². The summed E-state index contributed by atoms with van der Waals surface area (Å²) in [7, 11) is 0. The van der Waals surface area contributed by atoms with Crippen LogP contribution in [0, 0.1) is 13.8 Å². The van der Waals surface area contributed by atoms with Crippen molar-refractivity contribution in [3.63, 3.8) is 0 Å². The number of rotatable bonds is 4. The van der Waals surface area contributed by atoms with Crippen LogP contribution in [0.5, 0.6) is 0 Å². The molecule has 5 heteroatoms. The van der Waals surface area contributed by atoms with E-state index in [2.05, 4.69) is 5.32 Å². The summed E-state index contributed by atoms with van der Waals surface area (Å²) >= 11 is 1.50. The van der Waals surface area contributed by atoms with Crippen LogP contribution in [0.2, 0.25) is 0 Å². The number of hydrogen-bond acceptors (Lipinski definition) is 3. The smallest absolute Gasteiger partial charge is 0.251 e. The zero-order valence-corrected chi connectivity index (χ0v) is 14.9. The Balaban J connectivity index is 1.83. The first-order valence-corrected chi connectivity index (χ1v) is 9.07. The quantitative estimate of drug-likeness (QED) is 0.892. The number of thiophene rings is 1. The molecule has 4 nitrogen and oxygen atoms in total. The summed E-state index contributed by atoms with van der Waals surface area (Å²) in [6, 6.07) is 6.09. The summed E-state index contributed by atoms with van der Waals surface area (Å²) in [6.45, 7) is 4.01. The molecule has 0 radical (unpaired) electrons. The average molecular weight is 342 g/mol. The number of amides is 2. The van der Waals surface area contributed by atoms with E-state index in [0.717, 1.165) is 47.9 Å². The number of anilines is 1. The second-order valence-electron chi connectivity index (χ2n) is 6.43. The van der Waals surface area contributed by atoms with Crippen LogP contribution in [0.1, 0.15) is 50.3 Å². The summed E-state index contributed by atoms with van der Waals surface area (Å²) in [5, 5.41) is 3.54. The van der Waals surface area contributed by atoms with Crippen LogP contribution in [-0.4, -0.2) is 11.8 Å².